The highest BCUT2D eigenvalue weighted by atomic mass is 28.3. The molecule has 0 spiro atoms. The molecule has 0 atom stereocenters. The predicted octanol–water partition coefficient (Wildman–Crippen LogP) is 15.4. The van der Waals surface area contributed by atoms with Gasteiger partial charge in [0, 0.05) is 0 Å². The molecular formula is C60H42Si. The van der Waals surface area contributed by atoms with Crippen molar-refractivity contribution in [3.63, 3.8) is 0 Å². The van der Waals surface area contributed by atoms with Crippen molar-refractivity contribution in [3.8, 4) is 44.5 Å². The fraction of sp³-hybridized carbons (Fsp3) is 0.0667. The van der Waals surface area contributed by atoms with E-state index in [2.05, 4.69) is 207 Å². The molecule has 0 radical (unpaired) electrons. The van der Waals surface area contributed by atoms with Gasteiger partial charge in [-0.05, 0) is 162 Å². The second-order valence-corrected chi connectivity index (χ2v) is 22.1. The average molecular weight is 791 g/mol. The molecule has 0 nitrogen and oxygen atoms in total. The molecule has 2 aliphatic rings. The number of allylic oxidation sites excluding steroid dienone is 1. The standard InChI is InChI=1S/C60H42Si/c1-61(2)57-34-40(42-29-15-19-37-16-3-6-20-41(37)42)30-31-49(57)52-35-55-56(36-58(52)61)60(54-33-39-18-5-8-22-44(39)46-24-10-12-26-48(46)54)51-28-14-13-27-50(51)59(55)53-32-38-17-4-7-21-43(38)45-23-9-11-25-47(45)53/h3-5,7-19,21-36H,6,20H2,1-2H3. The molecule has 0 saturated heterocycles. The second-order valence-electron chi connectivity index (χ2n) is 17.8. The van der Waals surface area contributed by atoms with Crippen LogP contribution in [-0.4, -0.2) is 8.07 Å². The topological polar surface area (TPSA) is 0 Å². The maximum atomic E-state index is 2.66. The van der Waals surface area contributed by atoms with E-state index in [0.29, 0.717) is 0 Å². The van der Waals surface area contributed by atoms with Crippen LogP contribution >= 0.6 is 0 Å². The van der Waals surface area contributed by atoms with Crippen LogP contribution in [0, 0.1) is 0 Å². The third-order valence-electron chi connectivity index (χ3n) is 14.3. The summed E-state index contributed by atoms with van der Waals surface area (Å²) in [5.41, 5.74) is 13.6. The van der Waals surface area contributed by atoms with Crippen LogP contribution < -0.4 is 10.4 Å². The number of hydrogen-bond acceptors (Lipinski definition) is 0. The number of benzene rings is 11. The first-order valence-corrected chi connectivity index (χ1v) is 24.8. The molecule has 61 heavy (non-hydrogen) atoms. The van der Waals surface area contributed by atoms with E-state index in [9.17, 15) is 0 Å². The zero-order valence-corrected chi connectivity index (χ0v) is 35.4. The SMILES string of the molecule is C[Si]1(C)c2cc(-c3cccc4c3CCC=C4)ccc2-c2cc3c(-c4cc5ccccc5c5ccccc45)c4ccccc4c(-c4cc5ccccc5c5ccccc45)c3cc21. The minimum Gasteiger partial charge on any atom is -0.0836 e. The molecule has 0 bridgehead atoms. The van der Waals surface area contributed by atoms with Crippen LogP contribution in [0.2, 0.25) is 13.1 Å². The van der Waals surface area contributed by atoms with Crippen molar-refractivity contribution in [2.45, 2.75) is 25.9 Å². The molecule has 0 fully saturated rings. The van der Waals surface area contributed by atoms with E-state index in [4.69, 9.17) is 0 Å². The maximum Gasteiger partial charge on any atom is 0.113 e. The molecule has 1 aliphatic carbocycles. The van der Waals surface area contributed by atoms with Crippen molar-refractivity contribution in [2.75, 3.05) is 0 Å². The van der Waals surface area contributed by atoms with E-state index in [1.54, 1.807) is 5.19 Å². The molecule has 0 aromatic heterocycles. The van der Waals surface area contributed by atoms with Gasteiger partial charge in [0.15, 0.2) is 0 Å². The van der Waals surface area contributed by atoms with Gasteiger partial charge in [0.2, 0.25) is 0 Å². The number of fused-ring (bicyclic) bond motifs is 12. The monoisotopic (exact) mass is 790 g/mol. The summed E-state index contributed by atoms with van der Waals surface area (Å²) in [4.78, 5) is 0. The van der Waals surface area contributed by atoms with E-state index in [1.165, 1.54) is 125 Å². The first-order valence-electron chi connectivity index (χ1n) is 21.8. The molecule has 0 saturated carbocycles. The van der Waals surface area contributed by atoms with E-state index in [0.717, 1.165) is 12.8 Å². The molecule has 1 heterocycles. The second kappa shape index (κ2) is 13.0. The van der Waals surface area contributed by atoms with Gasteiger partial charge in [0.25, 0.3) is 0 Å². The van der Waals surface area contributed by atoms with Gasteiger partial charge in [0.1, 0.15) is 8.07 Å². The third-order valence-corrected chi connectivity index (χ3v) is 17.8. The minimum absolute atomic E-state index is 1.09. The largest absolute Gasteiger partial charge is 0.113 e. The Balaban J connectivity index is 1.18. The third kappa shape index (κ3) is 4.99. The highest BCUT2D eigenvalue weighted by Crippen LogP contribution is 2.50. The maximum absolute atomic E-state index is 2.66. The first-order chi connectivity index (χ1) is 30.0. The lowest BCUT2D eigenvalue weighted by atomic mass is 9.81. The lowest BCUT2D eigenvalue weighted by molar-refractivity contribution is 0.988. The Hall–Kier alpha value is -7.06. The van der Waals surface area contributed by atoms with Gasteiger partial charge in [0.05, 0.1) is 0 Å². The molecule has 1 aliphatic heterocycles. The van der Waals surface area contributed by atoms with Crippen LogP contribution in [0.5, 0.6) is 0 Å². The van der Waals surface area contributed by atoms with Crippen LogP contribution in [0.1, 0.15) is 17.5 Å². The Morgan fingerprint density at radius 3 is 1.51 bits per heavy atom. The zero-order chi connectivity index (χ0) is 40.4. The number of rotatable bonds is 3. The van der Waals surface area contributed by atoms with Gasteiger partial charge in [-0.15, -0.1) is 0 Å². The molecule has 0 amide bonds. The smallest absolute Gasteiger partial charge is 0.0836 e. The molecule has 11 aromatic carbocycles. The van der Waals surface area contributed by atoms with Gasteiger partial charge in [-0.1, -0.05) is 189 Å². The molecule has 0 N–H and O–H groups in total. The van der Waals surface area contributed by atoms with Crippen molar-refractivity contribution >= 4 is 89.2 Å². The van der Waals surface area contributed by atoms with E-state index >= 15 is 0 Å². The summed E-state index contributed by atoms with van der Waals surface area (Å²) in [5.74, 6) is 0. The lowest BCUT2D eigenvalue weighted by Crippen LogP contribution is -2.49. The van der Waals surface area contributed by atoms with Gasteiger partial charge >= 0.3 is 0 Å². The first kappa shape index (κ1) is 34.8. The van der Waals surface area contributed by atoms with E-state index < -0.39 is 8.07 Å². The van der Waals surface area contributed by atoms with Crippen molar-refractivity contribution in [1.82, 2.24) is 0 Å². The van der Waals surface area contributed by atoms with Gasteiger partial charge in [-0.2, -0.15) is 0 Å². The Bertz CT molecular complexity index is 3730. The Kier molecular flexibility index (Phi) is 7.39. The fourth-order valence-corrected chi connectivity index (χ4v) is 14.5. The minimum atomic E-state index is -2.18. The Morgan fingerprint density at radius 2 is 0.885 bits per heavy atom. The lowest BCUT2D eigenvalue weighted by Gasteiger charge is -2.24. The summed E-state index contributed by atoms with van der Waals surface area (Å²) in [6.45, 7) is 5.17. The van der Waals surface area contributed by atoms with Crippen LogP contribution in [-0.2, 0) is 6.42 Å². The highest BCUT2D eigenvalue weighted by molar-refractivity contribution is 7.04. The van der Waals surface area contributed by atoms with Crippen LogP contribution in [0.25, 0.3) is 115 Å². The van der Waals surface area contributed by atoms with Crippen LogP contribution in [0.15, 0.2) is 188 Å². The molecule has 11 aromatic rings. The molecule has 1 heteroatoms. The molecule has 286 valence electrons. The number of hydrogen-bond donors (Lipinski definition) is 0. The molecule has 0 unspecified atom stereocenters. The van der Waals surface area contributed by atoms with E-state index in [1.807, 2.05) is 0 Å². The summed E-state index contributed by atoms with van der Waals surface area (Å²) in [6, 6.07) is 69.6. The quantitative estimate of drug-likeness (QED) is 0.0950. The predicted molar refractivity (Wildman–Crippen MR) is 267 cm³/mol. The summed E-state index contributed by atoms with van der Waals surface area (Å²) in [7, 11) is -2.18. The summed E-state index contributed by atoms with van der Waals surface area (Å²) >= 11 is 0. The zero-order valence-electron chi connectivity index (χ0n) is 34.4. The normalized spacial score (nSPS) is 14.0. The van der Waals surface area contributed by atoms with Crippen LogP contribution in [0.4, 0.5) is 0 Å². The fourth-order valence-electron chi connectivity index (χ4n) is 11.4. The Labute approximate surface area is 357 Å². The summed E-state index contributed by atoms with van der Waals surface area (Å²) in [6.07, 6.45) is 6.83. The van der Waals surface area contributed by atoms with Gasteiger partial charge in [-0.3, -0.25) is 0 Å². The van der Waals surface area contributed by atoms with Gasteiger partial charge in [-0.25, -0.2) is 0 Å². The van der Waals surface area contributed by atoms with Gasteiger partial charge < -0.3 is 0 Å². The summed E-state index contributed by atoms with van der Waals surface area (Å²) in [5, 5.41) is 18.6. The van der Waals surface area contributed by atoms with Crippen molar-refractivity contribution in [2.24, 2.45) is 0 Å². The Morgan fingerprint density at radius 1 is 0.361 bits per heavy atom. The molecular weight excluding hydrogens is 749 g/mol. The molecule has 13 rings (SSSR count). The average Bonchev–Trinajstić information content (AvgIpc) is 3.53. The van der Waals surface area contributed by atoms with Crippen molar-refractivity contribution in [3.05, 3.63) is 199 Å². The van der Waals surface area contributed by atoms with E-state index in [-0.39, 0.29) is 0 Å². The van der Waals surface area contributed by atoms with Crippen LogP contribution in [0.3, 0.4) is 0 Å². The highest BCUT2D eigenvalue weighted by Gasteiger charge is 2.39. The van der Waals surface area contributed by atoms with Crippen molar-refractivity contribution < 1.29 is 0 Å². The summed E-state index contributed by atoms with van der Waals surface area (Å²) < 4.78 is 0. The van der Waals surface area contributed by atoms with Crippen molar-refractivity contribution in [1.29, 1.82) is 0 Å².